The van der Waals surface area contributed by atoms with Crippen LogP contribution < -0.4 is 0 Å². The molecule has 1 aromatic heterocycles. The zero-order valence-electron chi connectivity index (χ0n) is 10.9. The molecular formula is C15H15ClN2O2. The Hall–Kier alpha value is -1.81. The van der Waals surface area contributed by atoms with E-state index in [4.69, 9.17) is 16.7 Å². The number of carboxylic acids is 1. The predicted octanol–water partition coefficient (Wildman–Crippen LogP) is 3.49. The first kappa shape index (κ1) is 13.2. The van der Waals surface area contributed by atoms with Gasteiger partial charge in [0.15, 0.2) is 0 Å². The molecule has 1 N–H and O–H groups in total. The number of carboxylic acid groups (broad SMARTS) is 1. The second kappa shape index (κ2) is 5.29. The Morgan fingerprint density at radius 2 is 2.30 bits per heavy atom. The van der Waals surface area contributed by atoms with Crippen molar-refractivity contribution in [3.63, 3.8) is 0 Å². The molecule has 0 amide bonds. The molecule has 0 radical (unpaired) electrons. The fourth-order valence-corrected chi connectivity index (χ4v) is 2.87. The van der Waals surface area contributed by atoms with E-state index in [0.717, 1.165) is 24.1 Å². The monoisotopic (exact) mass is 290 g/mol. The van der Waals surface area contributed by atoms with E-state index in [2.05, 4.69) is 5.10 Å². The van der Waals surface area contributed by atoms with Gasteiger partial charge in [0, 0.05) is 12.4 Å². The number of nitrogens with zero attached hydrogens (tertiary/aromatic N) is 2. The first-order valence-electron chi connectivity index (χ1n) is 6.66. The lowest BCUT2D eigenvalue weighted by molar-refractivity contribution is -0.137. The van der Waals surface area contributed by atoms with Gasteiger partial charge in [-0.2, -0.15) is 5.10 Å². The van der Waals surface area contributed by atoms with Crippen LogP contribution in [0.15, 0.2) is 36.7 Å². The summed E-state index contributed by atoms with van der Waals surface area (Å²) in [5, 5.41) is 13.8. The zero-order chi connectivity index (χ0) is 14.1. The molecule has 4 nitrogen and oxygen atoms in total. The lowest BCUT2D eigenvalue weighted by Crippen LogP contribution is -2.09. The molecule has 2 aromatic rings. The summed E-state index contributed by atoms with van der Waals surface area (Å²) < 4.78 is 1.70. The van der Waals surface area contributed by atoms with E-state index < -0.39 is 5.97 Å². The maximum Gasteiger partial charge on any atom is 0.303 e. The summed E-state index contributed by atoms with van der Waals surface area (Å²) in [6, 6.07) is 7.59. The topological polar surface area (TPSA) is 55.1 Å². The van der Waals surface area contributed by atoms with E-state index in [1.165, 1.54) is 0 Å². The van der Waals surface area contributed by atoms with Gasteiger partial charge in [0.1, 0.15) is 0 Å². The fourth-order valence-electron chi connectivity index (χ4n) is 2.59. The van der Waals surface area contributed by atoms with E-state index >= 15 is 0 Å². The number of hydrogen-bond acceptors (Lipinski definition) is 2. The van der Waals surface area contributed by atoms with Crippen molar-refractivity contribution in [3.8, 4) is 5.69 Å². The van der Waals surface area contributed by atoms with Crippen molar-refractivity contribution in [2.24, 2.45) is 5.92 Å². The summed E-state index contributed by atoms with van der Waals surface area (Å²) in [5.41, 5.74) is 1.82. The van der Waals surface area contributed by atoms with Gasteiger partial charge < -0.3 is 5.11 Å². The van der Waals surface area contributed by atoms with Gasteiger partial charge in [0.25, 0.3) is 0 Å². The van der Waals surface area contributed by atoms with Crippen molar-refractivity contribution >= 4 is 17.6 Å². The van der Waals surface area contributed by atoms with Gasteiger partial charge in [-0.05, 0) is 48.4 Å². The Morgan fingerprint density at radius 1 is 1.50 bits per heavy atom. The molecule has 1 atom stereocenters. The maximum atomic E-state index is 11.0. The predicted molar refractivity (Wildman–Crippen MR) is 76.3 cm³/mol. The van der Waals surface area contributed by atoms with Crippen LogP contribution in [0, 0.1) is 5.92 Å². The van der Waals surface area contributed by atoms with Gasteiger partial charge in [0.2, 0.25) is 0 Å². The summed E-state index contributed by atoms with van der Waals surface area (Å²) >= 11 is 6.32. The quantitative estimate of drug-likeness (QED) is 0.917. The van der Waals surface area contributed by atoms with Gasteiger partial charge in [-0.15, -0.1) is 0 Å². The van der Waals surface area contributed by atoms with Crippen LogP contribution in [0.3, 0.4) is 0 Å². The van der Waals surface area contributed by atoms with Crippen molar-refractivity contribution in [2.75, 3.05) is 0 Å². The van der Waals surface area contributed by atoms with Crippen LogP contribution in [-0.2, 0) is 4.79 Å². The number of benzene rings is 1. The molecule has 1 aliphatic rings. The number of carbonyl (C=O) groups is 1. The van der Waals surface area contributed by atoms with Crippen LogP contribution in [0.1, 0.15) is 30.7 Å². The standard InChI is InChI=1S/C15H15ClN2O2/c16-13-8-11(12(9-15(19)20)10-2-3-10)4-5-14(13)18-7-1-6-17-18/h1,4-8,10,12H,2-3,9H2,(H,19,20). The lowest BCUT2D eigenvalue weighted by atomic mass is 9.91. The molecule has 0 bridgehead atoms. The lowest BCUT2D eigenvalue weighted by Gasteiger charge is -2.16. The third-order valence-corrected chi connectivity index (χ3v) is 4.04. The Labute approximate surface area is 122 Å². The highest BCUT2D eigenvalue weighted by Gasteiger charge is 2.33. The molecule has 104 valence electrons. The molecule has 0 saturated heterocycles. The molecule has 1 aromatic carbocycles. The molecule has 1 aliphatic carbocycles. The minimum absolute atomic E-state index is 0.0664. The third kappa shape index (κ3) is 2.70. The molecule has 5 heteroatoms. The largest absolute Gasteiger partial charge is 0.481 e. The van der Waals surface area contributed by atoms with Crippen molar-refractivity contribution in [2.45, 2.75) is 25.2 Å². The van der Waals surface area contributed by atoms with Gasteiger partial charge in [-0.1, -0.05) is 17.7 Å². The van der Waals surface area contributed by atoms with Crippen molar-refractivity contribution < 1.29 is 9.90 Å². The van der Waals surface area contributed by atoms with E-state index in [9.17, 15) is 4.79 Å². The second-order valence-electron chi connectivity index (χ2n) is 5.20. The summed E-state index contributed by atoms with van der Waals surface area (Å²) in [4.78, 5) is 11.0. The van der Waals surface area contributed by atoms with Crippen LogP contribution in [0.4, 0.5) is 0 Å². The van der Waals surface area contributed by atoms with E-state index in [1.54, 1.807) is 10.9 Å². The fraction of sp³-hybridized carbons (Fsp3) is 0.333. The molecule has 0 spiro atoms. The highest BCUT2D eigenvalue weighted by Crippen LogP contribution is 2.45. The molecule has 1 saturated carbocycles. The average molecular weight is 291 g/mol. The molecule has 3 rings (SSSR count). The molecular weight excluding hydrogens is 276 g/mol. The first-order chi connectivity index (χ1) is 9.65. The van der Waals surface area contributed by atoms with Crippen LogP contribution in [0.2, 0.25) is 5.02 Å². The van der Waals surface area contributed by atoms with E-state index in [1.807, 2.05) is 30.5 Å². The van der Waals surface area contributed by atoms with Crippen molar-refractivity contribution in [3.05, 3.63) is 47.2 Å². The Balaban J connectivity index is 1.90. The number of rotatable bonds is 5. The Bertz CT molecular complexity index is 621. The number of halogens is 1. The van der Waals surface area contributed by atoms with Gasteiger partial charge in [-0.3, -0.25) is 4.79 Å². The Morgan fingerprint density at radius 3 is 2.85 bits per heavy atom. The van der Waals surface area contributed by atoms with Crippen molar-refractivity contribution in [1.29, 1.82) is 0 Å². The smallest absolute Gasteiger partial charge is 0.303 e. The summed E-state index contributed by atoms with van der Waals surface area (Å²) in [6.45, 7) is 0. The minimum atomic E-state index is -0.755. The molecule has 1 heterocycles. The maximum absolute atomic E-state index is 11.0. The van der Waals surface area contributed by atoms with Gasteiger partial charge >= 0.3 is 5.97 Å². The average Bonchev–Trinajstić information content (AvgIpc) is 3.11. The summed E-state index contributed by atoms with van der Waals surface area (Å²) in [6.07, 6.45) is 5.91. The summed E-state index contributed by atoms with van der Waals surface area (Å²) in [5.74, 6) is -0.205. The minimum Gasteiger partial charge on any atom is -0.481 e. The molecule has 0 aliphatic heterocycles. The van der Waals surface area contributed by atoms with Crippen molar-refractivity contribution in [1.82, 2.24) is 9.78 Å². The van der Waals surface area contributed by atoms with E-state index in [0.29, 0.717) is 10.9 Å². The van der Waals surface area contributed by atoms with Crippen LogP contribution in [0.25, 0.3) is 5.69 Å². The van der Waals surface area contributed by atoms with Gasteiger partial charge in [-0.25, -0.2) is 4.68 Å². The van der Waals surface area contributed by atoms with Crippen LogP contribution in [-0.4, -0.2) is 20.9 Å². The number of hydrogen-bond donors (Lipinski definition) is 1. The van der Waals surface area contributed by atoms with Gasteiger partial charge in [0.05, 0.1) is 17.1 Å². The van der Waals surface area contributed by atoms with Crippen LogP contribution >= 0.6 is 11.6 Å². The first-order valence-corrected chi connectivity index (χ1v) is 7.04. The molecule has 20 heavy (non-hydrogen) atoms. The second-order valence-corrected chi connectivity index (χ2v) is 5.61. The van der Waals surface area contributed by atoms with E-state index in [-0.39, 0.29) is 12.3 Å². The highest BCUT2D eigenvalue weighted by molar-refractivity contribution is 6.32. The normalized spacial score (nSPS) is 16.1. The van der Waals surface area contributed by atoms with Crippen LogP contribution in [0.5, 0.6) is 0 Å². The Kier molecular flexibility index (Phi) is 3.49. The zero-order valence-corrected chi connectivity index (χ0v) is 11.6. The number of aromatic nitrogens is 2. The molecule has 1 unspecified atom stereocenters. The summed E-state index contributed by atoms with van der Waals surface area (Å²) in [7, 11) is 0. The number of aliphatic carboxylic acids is 1. The third-order valence-electron chi connectivity index (χ3n) is 3.74. The molecule has 1 fully saturated rings. The highest BCUT2D eigenvalue weighted by atomic mass is 35.5. The SMILES string of the molecule is O=C(O)CC(c1ccc(-n2cccn2)c(Cl)c1)C1CC1.